The lowest BCUT2D eigenvalue weighted by molar-refractivity contribution is -0.132. The topological polar surface area (TPSA) is 91.8 Å². The fourth-order valence-corrected chi connectivity index (χ4v) is 5.70. The molecule has 2 heterocycles. The molecule has 0 spiro atoms. The lowest BCUT2D eigenvalue weighted by atomic mass is 10.2. The summed E-state index contributed by atoms with van der Waals surface area (Å²) in [5, 5.41) is -0.402. The van der Waals surface area contributed by atoms with E-state index in [4.69, 9.17) is 0 Å². The van der Waals surface area contributed by atoms with Crippen molar-refractivity contribution in [1.29, 1.82) is 0 Å². The monoisotopic (exact) mass is 408 g/mol. The minimum absolute atomic E-state index is 0.0144. The number of hydrogen-bond acceptors (Lipinski definition) is 6. The molecule has 3 rings (SSSR count). The molecule has 2 fully saturated rings. The highest BCUT2D eigenvalue weighted by Gasteiger charge is 2.36. The Labute approximate surface area is 162 Å². The van der Waals surface area contributed by atoms with Gasteiger partial charge >= 0.3 is 0 Å². The van der Waals surface area contributed by atoms with Gasteiger partial charge in [0.15, 0.2) is 9.84 Å². The van der Waals surface area contributed by atoms with Crippen LogP contribution in [0.25, 0.3) is 6.08 Å². The molecule has 0 unspecified atom stereocenters. The van der Waals surface area contributed by atoms with Gasteiger partial charge in [-0.3, -0.25) is 19.3 Å². The van der Waals surface area contributed by atoms with Crippen LogP contribution in [0.1, 0.15) is 18.4 Å². The highest BCUT2D eigenvalue weighted by atomic mass is 32.2. The van der Waals surface area contributed by atoms with Crippen LogP contribution in [0.4, 0.5) is 4.79 Å². The average molecular weight is 409 g/mol. The van der Waals surface area contributed by atoms with Gasteiger partial charge in [0.25, 0.3) is 11.1 Å². The van der Waals surface area contributed by atoms with Gasteiger partial charge in [-0.05, 0) is 29.8 Å². The third-order valence-electron chi connectivity index (χ3n) is 4.67. The van der Waals surface area contributed by atoms with Gasteiger partial charge in [0.05, 0.1) is 16.4 Å². The summed E-state index contributed by atoms with van der Waals surface area (Å²) >= 11 is 0.856. The van der Waals surface area contributed by atoms with E-state index in [1.165, 1.54) is 4.90 Å². The summed E-state index contributed by atoms with van der Waals surface area (Å²) in [6.45, 7) is -0.0144. The molecule has 0 aromatic heterocycles. The number of thioether (sulfide) groups is 1. The largest absolute Gasteiger partial charge is 0.342 e. The van der Waals surface area contributed by atoms with Crippen molar-refractivity contribution < 1.29 is 22.8 Å². The second-order valence-electron chi connectivity index (χ2n) is 6.56. The third-order valence-corrected chi connectivity index (χ3v) is 7.33. The second kappa shape index (κ2) is 7.85. The van der Waals surface area contributed by atoms with Crippen LogP contribution in [0.3, 0.4) is 0 Å². The van der Waals surface area contributed by atoms with Gasteiger partial charge in [-0.1, -0.05) is 30.3 Å². The molecule has 0 saturated carbocycles. The Hall–Kier alpha value is -2.13. The van der Waals surface area contributed by atoms with E-state index in [1.807, 2.05) is 30.3 Å². The molecule has 1 aromatic carbocycles. The van der Waals surface area contributed by atoms with E-state index in [1.54, 1.807) is 13.1 Å². The van der Waals surface area contributed by atoms with Crippen LogP contribution in [0.5, 0.6) is 0 Å². The number of carbonyl (C=O) groups excluding carboxylic acids is 3. The van der Waals surface area contributed by atoms with Gasteiger partial charge in [-0.25, -0.2) is 8.42 Å². The zero-order valence-electron chi connectivity index (χ0n) is 14.8. The first-order valence-corrected chi connectivity index (χ1v) is 11.2. The molecule has 0 N–H and O–H groups in total. The summed E-state index contributed by atoms with van der Waals surface area (Å²) in [6.07, 6.45) is 2.05. The number of sulfone groups is 1. The number of amides is 3. The van der Waals surface area contributed by atoms with Crippen molar-refractivity contribution in [3.05, 3.63) is 40.8 Å². The lowest BCUT2D eigenvalue weighted by Crippen LogP contribution is -2.40. The Kier molecular flexibility index (Phi) is 5.71. The third kappa shape index (κ3) is 4.59. The number of nitrogens with zero attached hydrogens (tertiary/aromatic N) is 2. The van der Waals surface area contributed by atoms with Crippen molar-refractivity contribution in [2.45, 2.75) is 18.9 Å². The molecule has 7 nitrogen and oxygen atoms in total. The normalized spacial score (nSPS) is 23.2. The zero-order chi connectivity index (χ0) is 19.6. The van der Waals surface area contributed by atoms with Crippen LogP contribution < -0.4 is 0 Å². The van der Waals surface area contributed by atoms with Crippen LogP contribution in [-0.4, -0.2) is 66.4 Å². The van der Waals surface area contributed by atoms with Gasteiger partial charge in [0, 0.05) is 26.1 Å². The van der Waals surface area contributed by atoms with Gasteiger partial charge < -0.3 is 4.90 Å². The Morgan fingerprint density at radius 3 is 2.63 bits per heavy atom. The van der Waals surface area contributed by atoms with Gasteiger partial charge in [0.2, 0.25) is 5.91 Å². The maximum absolute atomic E-state index is 12.5. The first-order valence-electron chi connectivity index (χ1n) is 8.53. The average Bonchev–Trinajstić information content (AvgIpc) is 3.12. The van der Waals surface area contributed by atoms with E-state index in [9.17, 15) is 22.8 Å². The molecule has 0 bridgehead atoms. The molecule has 1 aromatic rings. The first-order chi connectivity index (χ1) is 12.8. The molecule has 27 heavy (non-hydrogen) atoms. The van der Waals surface area contributed by atoms with E-state index >= 15 is 0 Å². The standard InChI is InChI=1S/C18H20N2O5S2/c1-19(14-8-10-27(24,25)12-14)16(21)7-9-20-17(22)15(26-18(20)23)11-13-5-3-2-4-6-13/h2-6,11,14H,7-10,12H2,1H3/b15-11+/t14-/m1/s1. The van der Waals surface area contributed by atoms with Crippen molar-refractivity contribution in [1.82, 2.24) is 9.80 Å². The van der Waals surface area contributed by atoms with E-state index in [0.717, 1.165) is 22.2 Å². The number of imide groups is 1. The maximum atomic E-state index is 12.5. The summed E-state index contributed by atoms with van der Waals surface area (Å²) in [7, 11) is -1.52. The molecule has 144 valence electrons. The minimum Gasteiger partial charge on any atom is -0.342 e. The molecule has 9 heteroatoms. The van der Waals surface area contributed by atoms with Crippen molar-refractivity contribution in [3.8, 4) is 0 Å². The van der Waals surface area contributed by atoms with Crippen molar-refractivity contribution in [3.63, 3.8) is 0 Å². The van der Waals surface area contributed by atoms with Gasteiger partial charge in [0.1, 0.15) is 0 Å². The molecular weight excluding hydrogens is 388 g/mol. The summed E-state index contributed by atoms with van der Waals surface area (Å²) in [6, 6.07) is 8.88. The summed E-state index contributed by atoms with van der Waals surface area (Å²) in [4.78, 5) is 39.7. The van der Waals surface area contributed by atoms with Crippen molar-refractivity contribution in [2.75, 3.05) is 25.1 Å². The molecule has 2 aliphatic heterocycles. The van der Waals surface area contributed by atoms with E-state index in [-0.39, 0.29) is 36.4 Å². The summed E-state index contributed by atoms with van der Waals surface area (Å²) in [5.74, 6) is -0.629. The smallest absolute Gasteiger partial charge is 0.293 e. The Morgan fingerprint density at radius 2 is 2.00 bits per heavy atom. The number of carbonyl (C=O) groups is 3. The predicted octanol–water partition coefficient (Wildman–Crippen LogP) is 1.76. The molecule has 0 aliphatic carbocycles. The molecule has 1 atom stereocenters. The van der Waals surface area contributed by atoms with E-state index in [0.29, 0.717) is 11.3 Å². The van der Waals surface area contributed by atoms with Crippen LogP contribution >= 0.6 is 11.8 Å². The van der Waals surface area contributed by atoms with Crippen molar-refractivity contribution >= 4 is 44.7 Å². The highest BCUT2D eigenvalue weighted by molar-refractivity contribution is 8.18. The molecular formula is C18H20N2O5S2. The number of rotatable bonds is 5. The first kappa shape index (κ1) is 19.6. The molecule has 3 amide bonds. The van der Waals surface area contributed by atoms with Crippen LogP contribution in [0.2, 0.25) is 0 Å². The lowest BCUT2D eigenvalue weighted by Gasteiger charge is -2.24. The quantitative estimate of drug-likeness (QED) is 0.690. The molecule has 2 aliphatic rings. The molecule has 0 radical (unpaired) electrons. The fraction of sp³-hybridized carbons (Fsp3) is 0.389. The van der Waals surface area contributed by atoms with E-state index in [2.05, 4.69) is 0 Å². The fourth-order valence-electron chi connectivity index (χ4n) is 3.06. The van der Waals surface area contributed by atoms with Crippen LogP contribution in [0.15, 0.2) is 35.2 Å². The summed E-state index contributed by atoms with van der Waals surface area (Å²) < 4.78 is 23.1. The zero-order valence-corrected chi connectivity index (χ0v) is 16.5. The van der Waals surface area contributed by atoms with Crippen molar-refractivity contribution in [2.24, 2.45) is 0 Å². The van der Waals surface area contributed by atoms with Gasteiger partial charge in [-0.15, -0.1) is 0 Å². The SMILES string of the molecule is CN(C(=O)CCN1C(=O)S/C(=C/c2ccccc2)C1=O)[C@@H]1CCS(=O)(=O)C1. The number of benzene rings is 1. The Morgan fingerprint density at radius 1 is 1.30 bits per heavy atom. The Bertz CT molecular complexity index is 896. The number of hydrogen-bond donors (Lipinski definition) is 0. The Balaban J connectivity index is 1.59. The highest BCUT2D eigenvalue weighted by Crippen LogP contribution is 2.32. The molecule has 2 saturated heterocycles. The predicted molar refractivity (Wildman–Crippen MR) is 104 cm³/mol. The minimum atomic E-state index is -3.08. The van der Waals surface area contributed by atoms with Gasteiger partial charge in [-0.2, -0.15) is 0 Å². The summed E-state index contributed by atoms with van der Waals surface area (Å²) in [5.41, 5.74) is 0.821. The van der Waals surface area contributed by atoms with Crippen LogP contribution in [-0.2, 0) is 19.4 Å². The second-order valence-corrected chi connectivity index (χ2v) is 9.78. The van der Waals surface area contributed by atoms with E-state index < -0.39 is 21.0 Å². The maximum Gasteiger partial charge on any atom is 0.293 e. The van der Waals surface area contributed by atoms with Crippen LogP contribution in [0, 0.1) is 0 Å².